The third kappa shape index (κ3) is 3.24. The van der Waals surface area contributed by atoms with Crippen LogP contribution in [-0.4, -0.2) is 40.7 Å². The lowest BCUT2D eigenvalue weighted by Gasteiger charge is -2.30. The molecule has 122 valence electrons. The van der Waals surface area contributed by atoms with Gasteiger partial charge in [0.05, 0.1) is 17.1 Å². The number of fused-ring (bicyclic) bond motifs is 1. The minimum atomic E-state index is 0.478. The highest BCUT2D eigenvalue weighted by molar-refractivity contribution is 5.74. The Hall–Kier alpha value is -1.52. The maximum atomic E-state index is 6.04. The van der Waals surface area contributed by atoms with Gasteiger partial charge in [0.2, 0.25) is 0 Å². The highest BCUT2D eigenvalue weighted by Gasteiger charge is 2.36. The Kier molecular flexibility index (Phi) is 4.27. The topological polar surface area (TPSA) is 38.2 Å². The number of aromatic nitrogens is 2. The third-order valence-corrected chi connectivity index (χ3v) is 5.38. The maximum absolute atomic E-state index is 6.04. The molecule has 4 heteroatoms. The number of rotatable bonds is 3. The second-order valence-corrected chi connectivity index (χ2v) is 7.12. The number of benzene rings is 1. The van der Waals surface area contributed by atoms with Gasteiger partial charge in [-0.15, -0.1) is 0 Å². The number of ether oxygens (including phenoxy) is 1. The Morgan fingerprint density at radius 3 is 2.83 bits per heavy atom. The van der Waals surface area contributed by atoms with Crippen LogP contribution in [0, 0.1) is 11.8 Å². The Bertz CT molecular complexity index is 668. The average molecular weight is 311 g/mol. The van der Waals surface area contributed by atoms with Gasteiger partial charge in [-0.1, -0.05) is 13.0 Å². The zero-order valence-electron chi connectivity index (χ0n) is 13.8. The second-order valence-electron chi connectivity index (χ2n) is 7.12. The van der Waals surface area contributed by atoms with Crippen LogP contribution in [0.5, 0.6) is 0 Å². The van der Waals surface area contributed by atoms with Crippen molar-refractivity contribution < 1.29 is 4.74 Å². The van der Waals surface area contributed by atoms with Crippen molar-refractivity contribution in [2.45, 2.75) is 38.8 Å². The Balaban J connectivity index is 1.44. The van der Waals surface area contributed by atoms with Gasteiger partial charge in [0.25, 0.3) is 0 Å². The van der Waals surface area contributed by atoms with Gasteiger partial charge in [-0.25, -0.2) is 0 Å². The summed E-state index contributed by atoms with van der Waals surface area (Å²) in [6.07, 6.45) is 7.80. The van der Waals surface area contributed by atoms with Gasteiger partial charge in [0.15, 0.2) is 0 Å². The molecule has 4 nitrogen and oxygen atoms in total. The van der Waals surface area contributed by atoms with Gasteiger partial charge in [-0.05, 0) is 42.9 Å². The van der Waals surface area contributed by atoms with Gasteiger partial charge < -0.3 is 4.74 Å². The molecule has 0 bridgehead atoms. The van der Waals surface area contributed by atoms with Crippen LogP contribution in [0.3, 0.4) is 0 Å². The molecule has 3 unspecified atom stereocenters. The summed E-state index contributed by atoms with van der Waals surface area (Å²) in [5, 5.41) is 0. The maximum Gasteiger partial charge on any atom is 0.0890 e. The molecule has 0 aliphatic carbocycles. The molecule has 1 aromatic heterocycles. The molecule has 23 heavy (non-hydrogen) atoms. The molecule has 1 aromatic carbocycles. The first-order chi connectivity index (χ1) is 11.3. The average Bonchev–Trinajstić information content (AvgIpc) is 2.96. The fourth-order valence-corrected chi connectivity index (χ4v) is 4.18. The quantitative estimate of drug-likeness (QED) is 0.872. The van der Waals surface area contributed by atoms with Crippen molar-refractivity contribution in [1.29, 1.82) is 0 Å². The Labute approximate surface area is 137 Å². The molecule has 0 spiro atoms. The smallest absolute Gasteiger partial charge is 0.0890 e. The van der Waals surface area contributed by atoms with E-state index in [2.05, 4.69) is 40.0 Å². The van der Waals surface area contributed by atoms with E-state index in [0.717, 1.165) is 36.6 Å². The molecule has 2 aliphatic heterocycles. The first-order valence-corrected chi connectivity index (χ1v) is 8.83. The van der Waals surface area contributed by atoms with Crippen molar-refractivity contribution in [1.82, 2.24) is 14.9 Å². The molecule has 2 aliphatic rings. The fraction of sp³-hybridized carbons (Fsp3) is 0.579. The van der Waals surface area contributed by atoms with Gasteiger partial charge in [0.1, 0.15) is 0 Å². The summed E-state index contributed by atoms with van der Waals surface area (Å²) in [4.78, 5) is 11.3. The van der Waals surface area contributed by atoms with Gasteiger partial charge in [-0.3, -0.25) is 14.9 Å². The van der Waals surface area contributed by atoms with Crippen LogP contribution in [0.2, 0.25) is 0 Å². The number of nitrogens with zero attached hydrogens (tertiary/aromatic N) is 3. The van der Waals surface area contributed by atoms with Crippen molar-refractivity contribution in [3.8, 4) is 0 Å². The molecule has 2 fully saturated rings. The first-order valence-electron chi connectivity index (χ1n) is 8.83. The van der Waals surface area contributed by atoms with Crippen molar-refractivity contribution in [3.05, 3.63) is 36.2 Å². The molecule has 0 radical (unpaired) electrons. The third-order valence-electron chi connectivity index (χ3n) is 5.38. The van der Waals surface area contributed by atoms with Crippen molar-refractivity contribution in [3.63, 3.8) is 0 Å². The van der Waals surface area contributed by atoms with E-state index in [1.807, 2.05) is 0 Å². The van der Waals surface area contributed by atoms with E-state index in [1.165, 1.54) is 31.4 Å². The molecular formula is C19H25N3O. The lowest BCUT2D eigenvalue weighted by molar-refractivity contribution is -0.0267. The molecule has 0 amide bonds. The molecule has 2 saturated heterocycles. The van der Waals surface area contributed by atoms with Crippen LogP contribution in [-0.2, 0) is 11.3 Å². The standard InChI is InChI=1S/C19H25N3O/c1-14-11-22(13-16(14)19-4-2-3-9-23-19)12-15-5-6-17-18(10-15)21-8-7-20-17/h5-8,10,14,16,19H,2-4,9,11-13H2,1H3. The van der Waals surface area contributed by atoms with E-state index in [0.29, 0.717) is 12.0 Å². The van der Waals surface area contributed by atoms with Crippen LogP contribution < -0.4 is 0 Å². The summed E-state index contributed by atoms with van der Waals surface area (Å²) in [5.41, 5.74) is 3.29. The number of likely N-dealkylation sites (tertiary alicyclic amines) is 1. The highest BCUT2D eigenvalue weighted by Crippen LogP contribution is 2.32. The normalized spacial score (nSPS) is 29.2. The predicted octanol–water partition coefficient (Wildman–Crippen LogP) is 3.27. The van der Waals surface area contributed by atoms with Crippen molar-refractivity contribution in [2.24, 2.45) is 11.8 Å². The highest BCUT2D eigenvalue weighted by atomic mass is 16.5. The predicted molar refractivity (Wildman–Crippen MR) is 91.1 cm³/mol. The van der Waals surface area contributed by atoms with Crippen LogP contribution in [0.1, 0.15) is 31.7 Å². The molecular weight excluding hydrogens is 286 g/mol. The largest absolute Gasteiger partial charge is 0.378 e. The molecule has 3 atom stereocenters. The van der Waals surface area contributed by atoms with E-state index >= 15 is 0 Å². The van der Waals surface area contributed by atoms with Crippen LogP contribution in [0.4, 0.5) is 0 Å². The van der Waals surface area contributed by atoms with Crippen LogP contribution >= 0.6 is 0 Å². The Morgan fingerprint density at radius 2 is 2.00 bits per heavy atom. The van der Waals surface area contributed by atoms with Gasteiger partial charge in [0, 0.05) is 44.6 Å². The van der Waals surface area contributed by atoms with Crippen molar-refractivity contribution in [2.75, 3.05) is 19.7 Å². The van der Waals surface area contributed by atoms with Gasteiger partial charge in [-0.2, -0.15) is 0 Å². The zero-order chi connectivity index (χ0) is 15.6. The summed E-state index contributed by atoms with van der Waals surface area (Å²) >= 11 is 0. The van der Waals surface area contributed by atoms with Crippen molar-refractivity contribution >= 4 is 11.0 Å². The minimum absolute atomic E-state index is 0.478. The van der Waals surface area contributed by atoms with E-state index in [4.69, 9.17) is 4.74 Å². The fourth-order valence-electron chi connectivity index (χ4n) is 4.18. The molecule has 0 saturated carbocycles. The Morgan fingerprint density at radius 1 is 1.13 bits per heavy atom. The molecule has 4 rings (SSSR count). The molecule has 0 N–H and O–H groups in total. The van der Waals surface area contributed by atoms with E-state index in [1.54, 1.807) is 12.4 Å². The monoisotopic (exact) mass is 311 g/mol. The van der Waals surface area contributed by atoms with Gasteiger partial charge >= 0.3 is 0 Å². The zero-order valence-corrected chi connectivity index (χ0v) is 13.8. The number of hydrogen-bond acceptors (Lipinski definition) is 4. The first kappa shape index (κ1) is 15.0. The van der Waals surface area contributed by atoms with Crippen LogP contribution in [0.25, 0.3) is 11.0 Å². The number of hydrogen-bond donors (Lipinski definition) is 0. The molecule has 3 heterocycles. The van der Waals surface area contributed by atoms with E-state index in [9.17, 15) is 0 Å². The lowest BCUT2D eigenvalue weighted by Crippen LogP contribution is -2.32. The summed E-state index contributed by atoms with van der Waals surface area (Å²) < 4.78 is 6.04. The summed E-state index contributed by atoms with van der Waals surface area (Å²) in [7, 11) is 0. The summed E-state index contributed by atoms with van der Waals surface area (Å²) in [6.45, 7) is 6.67. The lowest BCUT2D eigenvalue weighted by atomic mass is 9.88. The summed E-state index contributed by atoms with van der Waals surface area (Å²) in [5.74, 6) is 1.41. The molecule has 2 aromatic rings. The summed E-state index contributed by atoms with van der Waals surface area (Å²) in [6, 6.07) is 6.45. The van der Waals surface area contributed by atoms with E-state index < -0.39 is 0 Å². The van der Waals surface area contributed by atoms with Crippen LogP contribution in [0.15, 0.2) is 30.6 Å². The minimum Gasteiger partial charge on any atom is -0.378 e. The van der Waals surface area contributed by atoms with E-state index in [-0.39, 0.29) is 0 Å². The SMILES string of the molecule is CC1CN(Cc2ccc3nccnc3c2)CC1C1CCCCO1. The second kappa shape index (κ2) is 6.54.